The van der Waals surface area contributed by atoms with Crippen LogP contribution in [0.25, 0.3) is 0 Å². The Hall–Kier alpha value is -2.63. The van der Waals surface area contributed by atoms with Gasteiger partial charge in [-0.2, -0.15) is 8.42 Å². The van der Waals surface area contributed by atoms with Crippen LogP contribution in [0.1, 0.15) is 0 Å². The molecule has 4 heterocycles. The molecule has 0 spiro atoms. The summed E-state index contributed by atoms with van der Waals surface area (Å²) in [6.45, 7) is 0. The van der Waals surface area contributed by atoms with Crippen molar-refractivity contribution in [2.75, 3.05) is 27.1 Å². The Balaban J connectivity index is -0.000000549. The van der Waals surface area contributed by atoms with Crippen molar-refractivity contribution in [3.63, 3.8) is 0 Å². The number of nitro groups is 1. The monoisotopic (exact) mass is 1140 g/mol. The SMILES string of the molecule is COc1ccc(N)nc1Br.COc1ccc([N+](=O)[O-])nc1Br.COc1cccnc1Br.O=S(=O)(O)O.O=[N+]([O-])O.Oc1cccnc1Br.[Cl][Sn][Cl]. The molecule has 0 aromatic carbocycles. The van der Waals surface area contributed by atoms with E-state index >= 15 is 0 Å². The molecule has 51 heavy (non-hydrogen) atoms. The van der Waals surface area contributed by atoms with E-state index in [0.29, 0.717) is 31.1 Å². The van der Waals surface area contributed by atoms with E-state index in [4.69, 9.17) is 75.7 Å². The molecule has 4 rings (SSSR count). The van der Waals surface area contributed by atoms with Crippen LogP contribution in [0.4, 0.5) is 11.6 Å². The van der Waals surface area contributed by atoms with Crippen molar-refractivity contribution < 1.29 is 52.1 Å². The Morgan fingerprint density at radius 3 is 1.43 bits per heavy atom. The molecular formula is C23H25Br4Cl2N7O13SSn. The van der Waals surface area contributed by atoms with Gasteiger partial charge in [0.15, 0.2) is 17.2 Å². The molecule has 4 aromatic heterocycles. The number of methoxy groups -OCH3 is 3. The Labute approximate surface area is 341 Å². The molecule has 0 saturated heterocycles. The predicted octanol–water partition coefficient (Wildman–Crippen LogP) is 6.60. The minimum atomic E-state index is -4.67. The second-order valence-corrected chi connectivity index (χ2v) is 15.4. The summed E-state index contributed by atoms with van der Waals surface area (Å²) in [4.78, 5) is 33.3. The van der Waals surface area contributed by atoms with Crippen LogP contribution in [0.2, 0.25) is 0 Å². The molecule has 0 unspecified atom stereocenters. The van der Waals surface area contributed by atoms with Crippen LogP contribution in [0.15, 0.2) is 79.3 Å². The van der Waals surface area contributed by atoms with Crippen molar-refractivity contribution in [2.45, 2.75) is 0 Å². The number of pyridine rings is 4. The second kappa shape index (κ2) is 30.9. The number of hydrogen-bond acceptors (Lipinski definition) is 15. The number of hydrogen-bond donors (Lipinski definition) is 5. The van der Waals surface area contributed by atoms with E-state index in [-0.39, 0.29) is 11.6 Å². The third-order valence-electron chi connectivity index (χ3n) is 3.95. The first kappa shape index (κ1) is 52.7. The van der Waals surface area contributed by atoms with Crippen LogP contribution in [-0.2, 0) is 10.4 Å². The average molecular weight is 1150 g/mol. The summed E-state index contributed by atoms with van der Waals surface area (Å²) in [5.74, 6) is 2.37. The molecule has 0 saturated carbocycles. The summed E-state index contributed by atoms with van der Waals surface area (Å²) in [6, 6.07) is 13.1. The standard InChI is InChI=1S/C6H5BrN2O3.C6H7BrN2O.C6H6BrNO.C5H4BrNO.2ClH.HNO3.H2O4S.Sn/c1-12-4-2-3-5(9(10)11)8-6(4)7;1-10-4-2-3-5(8)9-6(4)7;1-9-5-3-2-4-8-6(5)7;6-5-4(8)2-1-3-7-5;;;2-1(3)4;1-5(2,3)4;/h2-3H,1H3;2-3H,1H3,(H2,8,9);2-4H,1H3;1-3,8H;2*1H;(H,2,3,4);(H2,1,2,3,4);/q;;;;;;;;+2/p-2. The summed E-state index contributed by atoms with van der Waals surface area (Å²) in [6.07, 6.45) is 3.30. The van der Waals surface area contributed by atoms with Crippen molar-refractivity contribution in [1.29, 1.82) is 0 Å². The van der Waals surface area contributed by atoms with Gasteiger partial charge in [-0.15, -0.1) is 10.1 Å². The first-order valence-electron chi connectivity index (χ1n) is 11.9. The van der Waals surface area contributed by atoms with Gasteiger partial charge >= 0.3 is 52.9 Å². The van der Waals surface area contributed by atoms with Gasteiger partial charge in [0.05, 0.1) is 21.3 Å². The Morgan fingerprint density at radius 2 is 1.14 bits per heavy atom. The zero-order valence-electron chi connectivity index (χ0n) is 25.7. The molecule has 4 aromatic rings. The van der Waals surface area contributed by atoms with E-state index in [2.05, 4.69) is 83.7 Å². The van der Waals surface area contributed by atoms with Gasteiger partial charge in [0.25, 0.3) is 9.69 Å². The molecule has 20 nitrogen and oxygen atoms in total. The van der Waals surface area contributed by atoms with E-state index in [1.165, 1.54) is 19.2 Å². The summed E-state index contributed by atoms with van der Waals surface area (Å²) in [7, 11) is 9.86. The average Bonchev–Trinajstić information content (AvgIpc) is 3.03. The van der Waals surface area contributed by atoms with Crippen LogP contribution < -0.4 is 19.9 Å². The Bertz CT molecular complexity index is 1700. The second-order valence-electron chi connectivity index (χ2n) is 7.22. The van der Waals surface area contributed by atoms with Crippen molar-refractivity contribution >= 4 is 122 Å². The number of halogens is 6. The van der Waals surface area contributed by atoms with Crippen molar-refractivity contribution in [3.05, 3.63) is 99.6 Å². The number of aromatic nitrogens is 4. The van der Waals surface area contributed by atoms with Crippen molar-refractivity contribution in [3.8, 4) is 23.0 Å². The summed E-state index contributed by atoms with van der Waals surface area (Å²) in [5.41, 5.74) is 5.39. The molecule has 0 aliphatic rings. The van der Waals surface area contributed by atoms with Crippen LogP contribution in [-0.4, -0.2) is 98.0 Å². The number of nitrogens with zero attached hydrogens (tertiary/aromatic N) is 6. The van der Waals surface area contributed by atoms with E-state index < -0.39 is 39.3 Å². The topological polar surface area (TPSA) is 307 Å². The molecule has 0 amide bonds. The fourth-order valence-electron chi connectivity index (χ4n) is 2.15. The van der Waals surface area contributed by atoms with Crippen LogP contribution >= 0.6 is 81.6 Å². The molecule has 2 radical (unpaired) electrons. The van der Waals surface area contributed by atoms with Crippen LogP contribution in [0, 0.1) is 20.2 Å². The first-order valence-corrected chi connectivity index (χ1v) is 23.7. The summed E-state index contributed by atoms with van der Waals surface area (Å²) in [5, 5.41) is 32.7. The van der Waals surface area contributed by atoms with Crippen LogP contribution in [0.3, 0.4) is 0 Å². The van der Waals surface area contributed by atoms with Gasteiger partial charge in [-0.1, -0.05) is 0 Å². The van der Waals surface area contributed by atoms with Gasteiger partial charge in [0, 0.05) is 34.4 Å². The fourth-order valence-corrected chi connectivity index (χ4v) is 3.79. The maximum absolute atomic E-state index is 10.2. The number of anilines is 1. The van der Waals surface area contributed by atoms with Gasteiger partial charge < -0.3 is 40.4 Å². The normalized spacial score (nSPS) is 9.08. The zero-order chi connectivity index (χ0) is 40.2. The van der Waals surface area contributed by atoms with Gasteiger partial charge in [-0.05, 0) is 100 Å². The fraction of sp³-hybridized carbons (Fsp3) is 0.130. The predicted molar refractivity (Wildman–Crippen MR) is 201 cm³/mol. The van der Waals surface area contributed by atoms with Gasteiger partial charge in [0.2, 0.25) is 0 Å². The molecule has 0 fully saturated rings. The van der Waals surface area contributed by atoms with E-state index in [0.717, 1.165) is 10.4 Å². The minimum absolute atomic E-state index is 0.174. The zero-order valence-corrected chi connectivity index (χ0v) is 37.2. The van der Waals surface area contributed by atoms with E-state index in [1.807, 2.05) is 12.1 Å². The van der Waals surface area contributed by atoms with E-state index in [9.17, 15) is 10.1 Å². The number of nitrogen functional groups attached to an aromatic ring is 1. The third kappa shape index (κ3) is 31.8. The molecule has 282 valence electrons. The van der Waals surface area contributed by atoms with Gasteiger partial charge in [-0.25, -0.2) is 15.0 Å². The molecule has 6 N–H and O–H groups in total. The quantitative estimate of drug-likeness (QED) is 0.0473. The van der Waals surface area contributed by atoms with Gasteiger partial charge in [-0.3, -0.25) is 9.11 Å². The molecule has 0 aliphatic carbocycles. The first-order chi connectivity index (χ1) is 23.7. The Kier molecular flexibility index (Phi) is 32.0. The number of nitrogens with two attached hydrogens (primary N) is 1. The van der Waals surface area contributed by atoms with E-state index in [1.54, 1.807) is 50.9 Å². The third-order valence-corrected chi connectivity index (χ3v) is 6.29. The van der Waals surface area contributed by atoms with Crippen LogP contribution in [0.5, 0.6) is 23.0 Å². The molecular weight excluding hydrogens is 1120 g/mol. The molecule has 0 bridgehead atoms. The Morgan fingerprint density at radius 1 is 0.765 bits per heavy atom. The number of ether oxygens (including phenoxy) is 3. The van der Waals surface area contributed by atoms with Crippen molar-refractivity contribution in [2.24, 2.45) is 0 Å². The molecule has 0 atom stereocenters. The summed E-state index contributed by atoms with van der Waals surface area (Å²) < 4.78 is 48.5. The summed E-state index contributed by atoms with van der Waals surface area (Å²) >= 11 is 11.7. The molecule has 0 aliphatic heterocycles. The maximum atomic E-state index is 10.2. The van der Waals surface area contributed by atoms with Crippen molar-refractivity contribution in [1.82, 2.24) is 19.9 Å². The molecule has 28 heteroatoms. The van der Waals surface area contributed by atoms with Gasteiger partial charge in [0.1, 0.15) is 25.4 Å². The number of aromatic hydroxyl groups is 1. The number of rotatable bonds is 4.